The van der Waals surface area contributed by atoms with E-state index in [-0.39, 0.29) is 17.4 Å². The molecule has 0 saturated heterocycles. The zero-order valence-electron chi connectivity index (χ0n) is 20.8. The molecule has 0 aliphatic carbocycles. The minimum atomic E-state index is -0.313. The normalized spacial score (nSPS) is 11.2. The fourth-order valence-corrected chi connectivity index (χ4v) is 4.71. The van der Waals surface area contributed by atoms with Gasteiger partial charge in [-0.2, -0.15) is 5.10 Å². The van der Waals surface area contributed by atoms with E-state index in [4.69, 9.17) is 4.74 Å². The number of methoxy groups -OCH3 is 1. The maximum atomic E-state index is 12.6. The number of nitrogens with zero attached hydrogens (tertiary/aromatic N) is 4. The number of thioether (sulfide) groups is 1. The van der Waals surface area contributed by atoms with E-state index in [1.165, 1.54) is 18.0 Å². The quantitative estimate of drug-likeness (QED) is 0.161. The largest absolute Gasteiger partial charge is 0.507 e. The predicted molar refractivity (Wildman–Crippen MR) is 150 cm³/mol. The van der Waals surface area contributed by atoms with E-state index in [9.17, 15) is 9.90 Å². The van der Waals surface area contributed by atoms with Crippen molar-refractivity contribution in [2.75, 3.05) is 12.9 Å². The molecule has 0 fully saturated rings. The molecule has 8 nitrogen and oxygen atoms in total. The number of amides is 1. The van der Waals surface area contributed by atoms with Gasteiger partial charge in [-0.25, -0.2) is 5.43 Å². The third-order valence-electron chi connectivity index (χ3n) is 5.94. The molecule has 1 heterocycles. The molecule has 0 spiro atoms. The van der Waals surface area contributed by atoms with Crippen LogP contribution in [0.2, 0.25) is 0 Å². The predicted octanol–water partition coefficient (Wildman–Crippen LogP) is 5.35. The van der Waals surface area contributed by atoms with E-state index in [0.29, 0.717) is 16.5 Å². The Balaban J connectivity index is 1.34. The SMILES string of the molecule is COc1ccc(-n2c(SCC(=O)N/N=C\c3c(O)ccc4ccccc34)nnc2-c2ccc(C)cc2)cc1. The molecule has 1 aromatic heterocycles. The Kier molecular flexibility index (Phi) is 7.37. The van der Waals surface area contributed by atoms with Crippen LogP contribution in [0.25, 0.3) is 27.8 Å². The van der Waals surface area contributed by atoms with E-state index in [0.717, 1.165) is 33.3 Å². The lowest BCUT2D eigenvalue weighted by molar-refractivity contribution is -0.118. The second-order valence-corrected chi connectivity index (χ2v) is 9.45. The third kappa shape index (κ3) is 5.37. The number of hydrazone groups is 1. The molecule has 0 unspecified atom stereocenters. The van der Waals surface area contributed by atoms with Crippen LogP contribution in [0.15, 0.2) is 95.2 Å². The maximum Gasteiger partial charge on any atom is 0.250 e. The van der Waals surface area contributed by atoms with Gasteiger partial charge >= 0.3 is 0 Å². The van der Waals surface area contributed by atoms with E-state index in [2.05, 4.69) is 20.7 Å². The van der Waals surface area contributed by atoms with Crippen molar-refractivity contribution in [3.8, 4) is 28.6 Å². The van der Waals surface area contributed by atoms with Crippen LogP contribution in [0.1, 0.15) is 11.1 Å². The Morgan fingerprint density at radius 3 is 2.55 bits per heavy atom. The molecular weight excluding hydrogens is 498 g/mol. The molecule has 0 aliphatic heterocycles. The second-order valence-electron chi connectivity index (χ2n) is 8.51. The lowest BCUT2D eigenvalue weighted by Crippen LogP contribution is -2.20. The molecule has 0 atom stereocenters. The molecule has 2 N–H and O–H groups in total. The monoisotopic (exact) mass is 523 g/mol. The maximum absolute atomic E-state index is 12.6. The number of phenolic OH excluding ortho intramolecular Hbond substituents is 1. The summed E-state index contributed by atoms with van der Waals surface area (Å²) in [6.07, 6.45) is 1.45. The summed E-state index contributed by atoms with van der Waals surface area (Å²) in [6.45, 7) is 2.03. The summed E-state index contributed by atoms with van der Waals surface area (Å²) in [7, 11) is 1.62. The molecule has 0 aliphatic rings. The van der Waals surface area contributed by atoms with Crippen molar-refractivity contribution < 1.29 is 14.6 Å². The van der Waals surface area contributed by atoms with Gasteiger partial charge in [0.15, 0.2) is 11.0 Å². The summed E-state index contributed by atoms with van der Waals surface area (Å²) >= 11 is 1.25. The number of carbonyl (C=O) groups is 1. The summed E-state index contributed by atoms with van der Waals surface area (Å²) in [4.78, 5) is 12.6. The van der Waals surface area contributed by atoms with Crippen molar-refractivity contribution in [3.63, 3.8) is 0 Å². The number of benzene rings is 4. The molecule has 1 amide bonds. The number of aryl methyl sites for hydroxylation is 1. The first-order valence-corrected chi connectivity index (χ1v) is 12.8. The minimum absolute atomic E-state index is 0.0705. The Bertz CT molecular complexity index is 1610. The van der Waals surface area contributed by atoms with Crippen LogP contribution in [0.4, 0.5) is 0 Å². The average Bonchev–Trinajstić information content (AvgIpc) is 3.37. The van der Waals surface area contributed by atoms with Crippen LogP contribution >= 0.6 is 11.8 Å². The number of nitrogens with one attached hydrogen (secondary N) is 1. The molecule has 4 aromatic carbocycles. The lowest BCUT2D eigenvalue weighted by Gasteiger charge is -2.11. The van der Waals surface area contributed by atoms with Crippen LogP contribution in [-0.2, 0) is 4.79 Å². The second kappa shape index (κ2) is 11.2. The number of rotatable bonds is 8. The lowest BCUT2D eigenvalue weighted by atomic mass is 10.0. The molecule has 0 saturated carbocycles. The van der Waals surface area contributed by atoms with Gasteiger partial charge in [0.05, 0.1) is 19.1 Å². The van der Waals surface area contributed by atoms with E-state index >= 15 is 0 Å². The van der Waals surface area contributed by atoms with E-state index in [1.807, 2.05) is 90.4 Å². The third-order valence-corrected chi connectivity index (χ3v) is 6.87. The molecule has 190 valence electrons. The highest BCUT2D eigenvalue weighted by atomic mass is 32.2. The van der Waals surface area contributed by atoms with E-state index < -0.39 is 0 Å². The highest BCUT2D eigenvalue weighted by Crippen LogP contribution is 2.29. The summed E-state index contributed by atoms with van der Waals surface area (Å²) in [5.74, 6) is 1.26. The zero-order chi connectivity index (χ0) is 26.5. The number of carbonyl (C=O) groups excluding carboxylic acids is 1. The zero-order valence-corrected chi connectivity index (χ0v) is 21.6. The van der Waals surface area contributed by atoms with Gasteiger partial charge in [-0.1, -0.05) is 71.9 Å². The summed E-state index contributed by atoms with van der Waals surface area (Å²) < 4.78 is 7.21. The Labute approximate surface area is 224 Å². The van der Waals surface area contributed by atoms with Crippen molar-refractivity contribution in [2.45, 2.75) is 12.1 Å². The molecule has 38 heavy (non-hydrogen) atoms. The van der Waals surface area contributed by atoms with Crippen LogP contribution < -0.4 is 10.2 Å². The molecule has 5 rings (SSSR count). The van der Waals surface area contributed by atoms with Crippen molar-refractivity contribution >= 4 is 34.7 Å². The van der Waals surface area contributed by atoms with Gasteiger partial charge in [0.1, 0.15) is 11.5 Å². The fourth-order valence-electron chi connectivity index (χ4n) is 3.97. The number of fused-ring (bicyclic) bond motifs is 1. The Hall–Kier alpha value is -4.63. The molecule has 0 radical (unpaired) electrons. The van der Waals surface area contributed by atoms with Gasteiger partial charge in [0, 0.05) is 16.8 Å². The molecular formula is C29H25N5O3S. The summed E-state index contributed by atoms with van der Waals surface area (Å²) in [5, 5.41) is 25.5. The Morgan fingerprint density at radius 2 is 1.79 bits per heavy atom. The standard InChI is InChI=1S/C29H25N5O3S/c1-19-7-9-21(10-8-19)28-32-33-29(34(28)22-12-14-23(37-2)15-13-22)38-18-27(36)31-30-17-25-24-6-4-3-5-20(24)11-16-26(25)35/h3-17,35H,18H2,1-2H3,(H,31,36)/b30-17-. The van der Waals surface area contributed by atoms with Crippen molar-refractivity contribution in [3.05, 3.63) is 96.1 Å². The highest BCUT2D eigenvalue weighted by Gasteiger charge is 2.17. The minimum Gasteiger partial charge on any atom is -0.507 e. The fraction of sp³-hybridized carbons (Fsp3) is 0.103. The van der Waals surface area contributed by atoms with Gasteiger partial charge in [0.2, 0.25) is 0 Å². The first-order valence-electron chi connectivity index (χ1n) is 11.9. The van der Waals surface area contributed by atoms with Gasteiger partial charge in [-0.15, -0.1) is 10.2 Å². The van der Waals surface area contributed by atoms with Crippen molar-refractivity contribution in [1.82, 2.24) is 20.2 Å². The molecule has 5 aromatic rings. The van der Waals surface area contributed by atoms with E-state index in [1.54, 1.807) is 13.2 Å². The summed E-state index contributed by atoms with van der Waals surface area (Å²) in [6, 6.07) is 26.7. The van der Waals surface area contributed by atoms with Gasteiger partial charge in [0.25, 0.3) is 5.91 Å². The van der Waals surface area contributed by atoms with Gasteiger partial charge in [-0.3, -0.25) is 9.36 Å². The van der Waals surface area contributed by atoms with Gasteiger partial charge < -0.3 is 9.84 Å². The number of phenols is 1. The van der Waals surface area contributed by atoms with Crippen LogP contribution in [0.5, 0.6) is 11.5 Å². The molecule has 0 bridgehead atoms. The number of hydrogen-bond acceptors (Lipinski definition) is 7. The average molecular weight is 524 g/mol. The first kappa shape index (κ1) is 25.0. The summed E-state index contributed by atoms with van der Waals surface area (Å²) in [5.41, 5.74) is 5.98. The van der Waals surface area contributed by atoms with Crippen LogP contribution in [-0.4, -0.2) is 44.9 Å². The van der Waals surface area contributed by atoms with Crippen molar-refractivity contribution in [2.24, 2.45) is 5.10 Å². The number of aromatic hydroxyl groups is 1. The topological polar surface area (TPSA) is 102 Å². The first-order chi connectivity index (χ1) is 18.5. The number of ether oxygens (including phenoxy) is 1. The van der Waals surface area contributed by atoms with Crippen LogP contribution in [0.3, 0.4) is 0 Å². The number of hydrogen-bond donors (Lipinski definition) is 2. The molecule has 9 heteroatoms. The Morgan fingerprint density at radius 1 is 1.03 bits per heavy atom. The highest BCUT2D eigenvalue weighted by molar-refractivity contribution is 7.99. The number of aromatic nitrogens is 3. The van der Waals surface area contributed by atoms with Crippen molar-refractivity contribution in [1.29, 1.82) is 0 Å². The van der Waals surface area contributed by atoms with Crippen LogP contribution in [0, 0.1) is 6.92 Å². The smallest absolute Gasteiger partial charge is 0.250 e. The van der Waals surface area contributed by atoms with Gasteiger partial charge in [-0.05, 0) is 48.0 Å².